The minimum absolute atomic E-state index is 0. The standard InChI is InChI=1S/6C6H6.9C2H6.6CH4/c6*1-2-4-6-5-3-1;9*1-2;;;;;;/h6*1-6H;9*1-2H3;6*1H4. The van der Waals surface area contributed by atoms with Gasteiger partial charge in [0.1, 0.15) is 0 Å². The number of benzene rings is 6. The lowest BCUT2D eigenvalue weighted by Gasteiger charge is -1.69. The van der Waals surface area contributed by atoms with E-state index in [0.29, 0.717) is 0 Å². The van der Waals surface area contributed by atoms with Crippen LogP contribution in [0.4, 0.5) is 0 Å². The van der Waals surface area contributed by atoms with E-state index in [-0.39, 0.29) is 44.6 Å². The van der Waals surface area contributed by atoms with Crippen molar-refractivity contribution in [3.05, 3.63) is 218 Å². The van der Waals surface area contributed by atoms with Crippen molar-refractivity contribution in [2.45, 2.75) is 169 Å². The molecule has 0 saturated heterocycles. The largest absolute Gasteiger partial charge is 0.0776 e. The quantitative estimate of drug-likeness (QED) is 0.143. The van der Waals surface area contributed by atoms with Crippen LogP contribution in [0.5, 0.6) is 0 Å². The predicted molar refractivity (Wildman–Crippen MR) is 301 cm³/mol. The third kappa shape index (κ3) is 149. The third-order valence-corrected chi connectivity index (χ3v) is 4.00. The molecule has 0 fully saturated rings. The Bertz CT molecular complexity index is 676. The SMILES string of the molecule is C.C.C.C.C.C.CC.CC.CC.CC.CC.CC.CC.CC.CC.c1ccccc1.c1ccccc1.c1ccccc1.c1ccccc1.c1ccccc1.c1ccccc1. The highest BCUT2D eigenvalue weighted by Crippen LogP contribution is 1.83. The molecule has 0 saturated carbocycles. The zero-order valence-electron chi connectivity index (χ0n) is 38.8. The monoisotopic (exact) mass is 835 g/mol. The minimum Gasteiger partial charge on any atom is -0.0776 e. The second kappa shape index (κ2) is 157. The van der Waals surface area contributed by atoms with Gasteiger partial charge in [0.25, 0.3) is 0 Å². The molecule has 0 radical (unpaired) electrons. The van der Waals surface area contributed by atoms with Crippen molar-refractivity contribution in [3.63, 3.8) is 0 Å². The van der Waals surface area contributed by atoms with E-state index in [1.807, 2.05) is 343 Å². The van der Waals surface area contributed by atoms with Gasteiger partial charge in [-0.2, -0.15) is 0 Å². The minimum atomic E-state index is 0. The number of hydrogen-bond donors (Lipinski definition) is 0. The first-order valence-corrected chi connectivity index (χ1v) is 21.0. The maximum absolute atomic E-state index is 2.00. The van der Waals surface area contributed by atoms with Crippen LogP contribution in [0.25, 0.3) is 0 Å². The van der Waals surface area contributed by atoms with Crippen molar-refractivity contribution < 1.29 is 0 Å². The Morgan fingerprint density at radius 1 is 0.0833 bits per heavy atom. The topological polar surface area (TPSA) is 0 Å². The lowest BCUT2D eigenvalue weighted by molar-refractivity contribution is 1.50. The fourth-order valence-electron chi connectivity index (χ4n) is 2.31. The second-order valence-electron chi connectivity index (χ2n) is 6.93. The molecular weight excluding hydrogens is 721 g/mol. The van der Waals surface area contributed by atoms with E-state index in [1.54, 1.807) is 0 Å². The van der Waals surface area contributed by atoms with Gasteiger partial charge in [0, 0.05) is 0 Å². The molecule has 0 amide bonds. The van der Waals surface area contributed by atoms with E-state index >= 15 is 0 Å². The van der Waals surface area contributed by atoms with Gasteiger partial charge >= 0.3 is 0 Å². The van der Waals surface area contributed by atoms with Crippen LogP contribution in [-0.2, 0) is 0 Å². The lowest BCUT2D eigenvalue weighted by Crippen LogP contribution is -1.47. The average Bonchev–Trinajstić information content (AvgIpc) is 3.36. The zero-order valence-corrected chi connectivity index (χ0v) is 38.8. The smallest absolute Gasteiger partial charge is 0.0623 e. The Balaban J connectivity index is -0.0000000284. The molecule has 6 aromatic rings. The molecule has 0 aliphatic rings. The van der Waals surface area contributed by atoms with Gasteiger partial charge in [-0.15, -0.1) is 0 Å². The summed E-state index contributed by atoms with van der Waals surface area (Å²) >= 11 is 0. The highest BCUT2D eigenvalue weighted by atomic mass is 13.7. The molecule has 0 spiro atoms. The van der Waals surface area contributed by atoms with Crippen molar-refractivity contribution in [2.24, 2.45) is 0 Å². The summed E-state index contributed by atoms with van der Waals surface area (Å²) in [7, 11) is 0. The van der Waals surface area contributed by atoms with E-state index < -0.39 is 0 Å². The summed E-state index contributed by atoms with van der Waals surface area (Å²) in [6.07, 6.45) is 0. The van der Waals surface area contributed by atoms with Crippen LogP contribution in [0.1, 0.15) is 169 Å². The molecule has 0 unspecified atom stereocenters. The van der Waals surface area contributed by atoms with E-state index in [2.05, 4.69) is 0 Å². The van der Waals surface area contributed by atoms with E-state index in [1.165, 1.54) is 0 Å². The molecule has 6 rings (SSSR count). The summed E-state index contributed by atoms with van der Waals surface area (Å²) in [5, 5.41) is 0. The van der Waals surface area contributed by atoms with Crippen LogP contribution in [-0.4, -0.2) is 0 Å². The molecule has 6 aromatic carbocycles. The maximum Gasteiger partial charge on any atom is -0.0623 e. The number of hydrogen-bond acceptors (Lipinski definition) is 0. The van der Waals surface area contributed by atoms with Crippen LogP contribution in [0.3, 0.4) is 0 Å². The van der Waals surface area contributed by atoms with Crippen molar-refractivity contribution in [3.8, 4) is 0 Å². The molecule has 0 aromatic heterocycles. The van der Waals surface area contributed by atoms with Gasteiger partial charge in [-0.3, -0.25) is 0 Å². The van der Waals surface area contributed by atoms with Gasteiger partial charge in [-0.1, -0.05) is 388 Å². The summed E-state index contributed by atoms with van der Waals surface area (Å²) < 4.78 is 0. The fourth-order valence-corrected chi connectivity index (χ4v) is 2.31. The number of rotatable bonds is 0. The van der Waals surface area contributed by atoms with E-state index in [9.17, 15) is 0 Å². The lowest BCUT2D eigenvalue weighted by atomic mass is 10.4. The summed E-state index contributed by atoms with van der Waals surface area (Å²) in [6, 6.07) is 72.0. The Morgan fingerprint density at radius 2 is 0.100 bits per heavy atom. The van der Waals surface area contributed by atoms with Crippen LogP contribution >= 0.6 is 0 Å². The third-order valence-electron chi connectivity index (χ3n) is 4.00. The second-order valence-corrected chi connectivity index (χ2v) is 6.93. The molecule has 0 heterocycles. The zero-order chi connectivity index (χ0) is 43.5. The van der Waals surface area contributed by atoms with Crippen LogP contribution < -0.4 is 0 Å². The van der Waals surface area contributed by atoms with Gasteiger partial charge in [-0.05, 0) is 0 Å². The molecule has 0 N–H and O–H groups in total. The van der Waals surface area contributed by atoms with Crippen molar-refractivity contribution in [2.75, 3.05) is 0 Å². The Kier molecular flexibility index (Phi) is 263. The van der Waals surface area contributed by atoms with Gasteiger partial charge in [0.05, 0.1) is 0 Å². The summed E-state index contributed by atoms with van der Waals surface area (Å²) in [5.41, 5.74) is 0. The molecule has 0 bridgehead atoms. The first-order chi connectivity index (χ1) is 27.0. The first kappa shape index (κ1) is 100. The molecule has 354 valence electrons. The van der Waals surface area contributed by atoms with E-state index in [4.69, 9.17) is 0 Å². The molecule has 0 atom stereocenters. The predicted octanol–water partition coefficient (Wildman–Crippen LogP) is 23.2. The average molecular weight is 836 g/mol. The fraction of sp³-hybridized carbons (Fsp3) is 0.400. The van der Waals surface area contributed by atoms with Crippen LogP contribution in [0.2, 0.25) is 0 Å². The van der Waals surface area contributed by atoms with E-state index in [0.717, 1.165) is 0 Å². The van der Waals surface area contributed by atoms with Crippen molar-refractivity contribution in [1.82, 2.24) is 0 Å². The van der Waals surface area contributed by atoms with Gasteiger partial charge in [0.15, 0.2) is 0 Å². The Labute approximate surface area is 386 Å². The molecule has 0 aliphatic carbocycles. The summed E-state index contributed by atoms with van der Waals surface area (Å²) in [5.74, 6) is 0. The van der Waals surface area contributed by atoms with Gasteiger partial charge < -0.3 is 0 Å². The highest BCUT2D eigenvalue weighted by Gasteiger charge is 1.60. The molecular formula is C60H114. The van der Waals surface area contributed by atoms with Crippen molar-refractivity contribution in [1.29, 1.82) is 0 Å². The normalized spacial score (nSPS) is 5.70. The Hall–Kier alpha value is -4.68. The first-order valence-electron chi connectivity index (χ1n) is 21.0. The Morgan fingerprint density at radius 3 is 0.117 bits per heavy atom. The highest BCUT2D eigenvalue weighted by molar-refractivity contribution is 5.02. The summed E-state index contributed by atoms with van der Waals surface area (Å²) in [4.78, 5) is 0. The molecule has 60 heavy (non-hydrogen) atoms. The molecule has 0 nitrogen and oxygen atoms in total. The van der Waals surface area contributed by atoms with Crippen LogP contribution in [0.15, 0.2) is 218 Å². The molecule has 0 heteroatoms. The van der Waals surface area contributed by atoms with Gasteiger partial charge in [-0.25, -0.2) is 0 Å². The van der Waals surface area contributed by atoms with Crippen molar-refractivity contribution >= 4 is 0 Å². The maximum atomic E-state index is 2.00. The van der Waals surface area contributed by atoms with Gasteiger partial charge in [0.2, 0.25) is 0 Å². The molecule has 0 aliphatic heterocycles. The summed E-state index contributed by atoms with van der Waals surface area (Å²) in [6.45, 7) is 36.0. The van der Waals surface area contributed by atoms with Crippen LogP contribution in [0, 0.1) is 0 Å².